The van der Waals surface area contributed by atoms with Crippen molar-refractivity contribution in [3.8, 4) is 0 Å². The Morgan fingerprint density at radius 2 is 1.77 bits per heavy atom. The van der Waals surface area contributed by atoms with E-state index in [4.69, 9.17) is 0 Å². The van der Waals surface area contributed by atoms with Crippen LogP contribution in [0.5, 0.6) is 0 Å². The molecule has 6 nitrogen and oxygen atoms in total. The molecule has 1 aromatic rings. The molecule has 3 rings (SSSR count). The second-order valence-electron chi connectivity index (χ2n) is 6.93. The number of aromatic nitrogens is 1. The zero-order chi connectivity index (χ0) is 18.7. The lowest BCUT2D eigenvalue weighted by Gasteiger charge is -2.35. The summed E-state index contributed by atoms with van der Waals surface area (Å²) in [5, 5.41) is 1.96. The van der Waals surface area contributed by atoms with Crippen molar-refractivity contribution in [3.05, 3.63) is 23.9 Å². The van der Waals surface area contributed by atoms with E-state index >= 15 is 0 Å². The molecule has 1 aromatic heterocycles. The summed E-state index contributed by atoms with van der Waals surface area (Å²) in [6, 6.07) is 2.45. The van der Waals surface area contributed by atoms with Crippen LogP contribution in [0.1, 0.15) is 18.4 Å². The Morgan fingerprint density at radius 3 is 2.31 bits per heavy atom. The summed E-state index contributed by atoms with van der Waals surface area (Å²) >= 11 is 0. The van der Waals surface area contributed by atoms with E-state index in [-0.39, 0.29) is 11.8 Å². The number of hydrogen-bond donors (Lipinski definition) is 1. The highest BCUT2D eigenvalue weighted by Crippen LogP contribution is 2.30. The van der Waals surface area contributed by atoms with Crippen molar-refractivity contribution in [3.63, 3.8) is 0 Å². The van der Waals surface area contributed by atoms with Crippen LogP contribution < -0.4 is 10.3 Å². The quantitative estimate of drug-likeness (QED) is 0.875. The van der Waals surface area contributed by atoms with E-state index < -0.39 is 11.7 Å². The van der Waals surface area contributed by atoms with E-state index in [1.165, 1.54) is 6.07 Å². The predicted octanol–water partition coefficient (Wildman–Crippen LogP) is 1.60. The van der Waals surface area contributed by atoms with Gasteiger partial charge in [-0.1, -0.05) is 0 Å². The minimum atomic E-state index is -4.38. The first-order valence-corrected chi connectivity index (χ1v) is 8.85. The van der Waals surface area contributed by atoms with Gasteiger partial charge in [-0.3, -0.25) is 10.2 Å². The van der Waals surface area contributed by atoms with Crippen molar-refractivity contribution in [2.24, 2.45) is 5.92 Å². The van der Waals surface area contributed by atoms with Crippen LogP contribution in [0, 0.1) is 5.92 Å². The summed E-state index contributed by atoms with van der Waals surface area (Å²) in [4.78, 5) is 20.5. The number of hydrogen-bond acceptors (Lipinski definition) is 5. The van der Waals surface area contributed by atoms with E-state index in [2.05, 4.69) is 22.4 Å². The molecule has 0 bridgehead atoms. The van der Waals surface area contributed by atoms with Gasteiger partial charge in [-0.25, -0.2) is 9.99 Å². The number of rotatable bonds is 3. The first kappa shape index (κ1) is 18.9. The van der Waals surface area contributed by atoms with Gasteiger partial charge < -0.3 is 9.80 Å². The van der Waals surface area contributed by atoms with E-state index in [9.17, 15) is 18.0 Å². The van der Waals surface area contributed by atoms with Gasteiger partial charge in [-0.2, -0.15) is 13.2 Å². The van der Waals surface area contributed by atoms with Crippen LogP contribution in [-0.4, -0.2) is 67.1 Å². The molecule has 0 aliphatic carbocycles. The number of carbonyl (C=O) groups is 1. The second kappa shape index (κ2) is 7.79. The molecule has 0 radical (unpaired) electrons. The summed E-state index contributed by atoms with van der Waals surface area (Å²) in [5.74, 6) is 0.492. The summed E-state index contributed by atoms with van der Waals surface area (Å²) in [5.41, 5.74) is 2.25. The molecule has 2 saturated heterocycles. The number of piperidine rings is 1. The van der Waals surface area contributed by atoms with E-state index in [0.717, 1.165) is 38.4 Å². The Balaban J connectivity index is 1.48. The molecule has 2 aliphatic heterocycles. The molecule has 1 amide bonds. The molecule has 1 N–H and O–H groups in total. The maximum atomic E-state index is 12.6. The minimum Gasteiger partial charge on any atom is -0.357 e. The van der Waals surface area contributed by atoms with E-state index in [1.54, 1.807) is 0 Å². The molecule has 2 aliphatic rings. The molecule has 0 saturated carbocycles. The van der Waals surface area contributed by atoms with Gasteiger partial charge in [0.25, 0.3) is 0 Å². The standard InChI is InChI=1S/C17H24F3N5O/c1-23-8-10-25(11-9-23)22-16(26)13-4-6-24(7-5-13)15-3-2-14(12-21-15)17(18,19)20/h2-3,12-13H,4-11H2,1H3,(H,22,26). The number of nitrogens with one attached hydrogen (secondary N) is 1. The van der Waals surface area contributed by atoms with E-state index in [1.807, 2.05) is 9.91 Å². The first-order chi connectivity index (χ1) is 12.3. The number of alkyl halides is 3. The molecule has 0 aromatic carbocycles. The fourth-order valence-electron chi connectivity index (χ4n) is 3.28. The molecule has 0 spiro atoms. The minimum absolute atomic E-state index is 0.0366. The third kappa shape index (κ3) is 4.64. The zero-order valence-electron chi connectivity index (χ0n) is 14.8. The van der Waals surface area contributed by atoms with Gasteiger partial charge in [0.15, 0.2) is 0 Å². The van der Waals surface area contributed by atoms with Crippen LogP contribution in [-0.2, 0) is 11.0 Å². The first-order valence-electron chi connectivity index (χ1n) is 8.85. The highest BCUT2D eigenvalue weighted by molar-refractivity contribution is 5.78. The van der Waals surface area contributed by atoms with Crippen LogP contribution in [0.25, 0.3) is 0 Å². The number of nitrogens with zero attached hydrogens (tertiary/aromatic N) is 4. The number of anilines is 1. The highest BCUT2D eigenvalue weighted by atomic mass is 19.4. The van der Waals surface area contributed by atoms with Gasteiger partial charge in [0.1, 0.15) is 5.82 Å². The molecule has 144 valence electrons. The van der Waals surface area contributed by atoms with Crippen molar-refractivity contribution in [1.29, 1.82) is 0 Å². The smallest absolute Gasteiger partial charge is 0.357 e. The third-order valence-corrected chi connectivity index (χ3v) is 5.04. The summed E-state index contributed by atoms with van der Waals surface area (Å²) in [6.45, 7) is 4.71. The molecular weight excluding hydrogens is 347 g/mol. The number of likely N-dealkylation sites (N-methyl/N-ethyl adjacent to an activating group) is 1. The molecule has 3 heterocycles. The summed E-state index contributed by atoms with van der Waals surface area (Å²) in [6.07, 6.45) is -2.17. The van der Waals surface area contributed by atoms with Crippen molar-refractivity contribution in [1.82, 2.24) is 20.3 Å². The fraction of sp³-hybridized carbons (Fsp3) is 0.647. The van der Waals surface area contributed by atoms with Crippen LogP contribution in [0.2, 0.25) is 0 Å². The maximum Gasteiger partial charge on any atom is 0.417 e. The zero-order valence-corrected chi connectivity index (χ0v) is 14.8. The third-order valence-electron chi connectivity index (χ3n) is 5.04. The average Bonchev–Trinajstić information content (AvgIpc) is 2.63. The van der Waals surface area contributed by atoms with Gasteiger partial charge in [0.05, 0.1) is 5.56 Å². The monoisotopic (exact) mass is 371 g/mol. The topological polar surface area (TPSA) is 51.7 Å². The van der Waals surface area contributed by atoms with Gasteiger partial charge in [-0.05, 0) is 32.0 Å². The van der Waals surface area contributed by atoms with Crippen LogP contribution in [0.3, 0.4) is 0 Å². The summed E-state index contributed by atoms with van der Waals surface area (Å²) < 4.78 is 37.8. The van der Waals surface area contributed by atoms with Crippen molar-refractivity contribution in [2.45, 2.75) is 19.0 Å². The lowest BCUT2D eigenvalue weighted by atomic mass is 9.96. The van der Waals surface area contributed by atoms with Crippen molar-refractivity contribution in [2.75, 3.05) is 51.2 Å². The van der Waals surface area contributed by atoms with Crippen LogP contribution in [0.15, 0.2) is 18.3 Å². The van der Waals surface area contributed by atoms with Gasteiger partial charge in [0, 0.05) is 51.4 Å². The Kier molecular flexibility index (Phi) is 5.67. The van der Waals surface area contributed by atoms with Crippen LogP contribution >= 0.6 is 0 Å². The SMILES string of the molecule is CN1CCN(NC(=O)C2CCN(c3ccc(C(F)(F)F)cn3)CC2)CC1. The number of hydrazine groups is 1. The number of pyridine rings is 1. The number of halogens is 3. The normalized spacial score (nSPS) is 21.0. The molecule has 9 heteroatoms. The van der Waals surface area contributed by atoms with Gasteiger partial charge in [-0.15, -0.1) is 0 Å². The Labute approximate surface area is 150 Å². The molecule has 2 fully saturated rings. The summed E-state index contributed by atoms with van der Waals surface area (Å²) in [7, 11) is 2.06. The Bertz CT molecular complexity index is 606. The molecule has 26 heavy (non-hydrogen) atoms. The fourth-order valence-corrected chi connectivity index (χ4v) is 3.28. The van der Waals surface area contributed by atoms with Gasteiger partial charge >= 0.3 is 6.18 Å². The number of piperazine rings is 1. The largest absolute Gasteiger partial charge is 0.417 e. The maximum absolute atomic E-state index is 12.6. The van der Waals surface area contributed by atoms with Crippen molar-refractivity contribution < 1.29 is 18.0 Å². The lowest BCUT2D eigenvalue weighted by molar-refractivity contribution is -0.137. The Morgan fingerprint density at radius 1 is 1.12 bits per heavy atom. The van der Waals surface area contributed by atoms with E-state index in [0.29, 0.717) is 31.7 Å². The van der Waals surface area contributed by atoms with Crippen molar-refractivity contribution >= 4 is 11.7 Å². The van der Waals surface area contributed by atoms with Gasteiger partial charge in [0.2, 0.25) is 5.91 Å². The number of carbonyl (C=O) groups excluding carboxylic acids is 1. The second-order valence-corrected chi connectivity index (χ2v) is 6.93. The molecule has 0 unspecified atom stereocenters. The van der Waals surface area contributed by atoms with Crippen LogP contribution in [0.4, 0.5) is 19.0 Å². The average molecular weight is 371 g/mol. The lowest BCUT2D eigenvalue weighted by Crippen LogP contribution is -2.54. The molecule has 0 atom stereocenters. The predicted molar refractivity (Wildman–Crippen MR) is 91.4 cm³/mol. The Hall–Kier alpha value is -1.87. The highest BCUT2D eigenvalue weighted by Gasteiger charge is 2.31. The molecular formula is C17H24F3N5O. The number of amides is 1.